The van der Waals surface area contributed by atoms with Crippen molar-refractivity contribution in [3.8, 4) is 0 Å². The minimum atomic E-state index is -0.0909. The van der Waals surface area contributed by atoms with E-state index < -0.39 is 0 Å². The fourth-order valence-electron chi connectivity index (χ4n) is 5.82. The lowest BCUT2D eigenvalue weighted by molar-refractivity contribution is 0.104. The summed E-state index contributed by atoms with van der Waals surface area (Å²) < 4.78 is 0. The van der Waals surface area contributed by atoms with Gasteiger partial charge in [0.25, 0.3) is 0 Å². The maximum absolute atomic E-state index is 9.84. The van der Waals surface area contributed by atoms with Gasteiger partial charge in [0.05, 0.1) is 6.10 Å². The fourth-order valence-corrected chi connectivity index (χ4v) is 5.82. The van der Waals surface area contributed by atoms with E-state index in [1.807, 2.05) is 0 Å². The molecule has 4 atom stereocenters. The molecule has 1 heteroatoms. The van der Waals surface area contributed by atoms with Crippen LogP contribution in [0.5, 0.6) is 0 Å². The lowest BCUT2D eigenvalue weighted by Crippen LogP contribution is -2.35. The molecule has 0 bridgehead atoms. The van der Waals surface area contributed by atoms with Gasteiger partial charge in [0.1, 0.15) is 0 Å². The van der Waals surface area contributed by atoms with Crippen molar-refractivity contribution < 1.29 is 5.11 Å². The first-order chi connectivity index (χ1) is 10.5. The average molecular weight is 303 g/mol. The number of rotatable bonds is 2. The van der Waals surface area contributed by atoms with Crippen LogP contribution in [0.4, 0.5) is 0 Å². The largest absolute Gasteiger partial charge is 0.393 e. The summed E-state index contributed by atoms with van der Waals surface area (Å²) in [5, 5.41) is 9.84. The SMILES string of the molecule is CC(C)C1CCC2/C(=C/C=C3/CCCC(O)C3)CCCC21C. The van der Waals surface area contributed by atoms with Crippen molar-refractivity contribution in [3.05, 3.63) is 23.3 Å². The molecule has 3 saturated carbocycles. The highest BCUT2D eigenvalue weighted by molar-refractivity contribution is 5.25. The summed E-state index contributed by atoms with van der Waals surface area (Å²) in [6.07, 6.45) is 15.9. The third-order valence-electron chi connectivity index (χ3n) is 6.91. The second kappa shape index (κ2) is 6.51. The first kappa shape index (κ1) is 16.3. The molecule has 4 unspecified atom stereocenters. The highest BCUT2D eigenvalue weighted by Crippen LogP contribution is 2.59. The zero-order chi connectivity index (χ0) is 15.7. The van der Waals surface area contributed by atoms with Crippen molar-refractivity contribution in [2.45, 2.75) is 84.7 Å². The zero-order valence-corrected chi connectivity index (χ0v) is 14.8. The van der Waals surface area contributed by atoms with Crippen LogP contribution in [0.15, 0.2) is 23.3 Å². The van der Waals surface area contributed by atoms with Crippen molar-refractivity contribution in [3.63, 3.8) is 0 Å². The van der Waals surface area contributed by atoms with Crippen molar-refractivity contribution in [1.82, 2.24) is 0 Å². The standard InChI is InChI=1S/C21H34O/c1-15(2)19-11-12-20-17(7-5-13-21(19,20)3)10-9-16-6-4-8-18(22)14-16/h9-10,15,18-20,22H,4-8,11-14H2,1-3H3/b16-9-,17-10+. The topological polar surface area (TPSA) is 20.2 Å². The molecule has 0 heterocycles. The average Bonchev–Trinajstić information content (AvgIpc) is 2.83. The van der Waals surface area contributed by atoms with Gasteiger partial charge in [-0.05, 0) is 81.0 Å². The predicted molar refractivity (Wildman–Crippen MR) is 93.7 cm³/mol. The molecular formula is C21H34O. The number of aliphatic hydroxyl groups is 1. The normalized spacial score (nSPS) is 43.0. The molecule has 1 nitrogen and oxygen atoms in total. The van der Waals surface area contributed by atoms with Gasteiger partial charge >= 0.3 is 0 Å². The summed E-state index contributed by atoms with van der Waals surface area (Å²) in [5.74, 6) is 2.55. The summed E-state index contributed by atoms with van der Waals surface area (Å²) in [6.45, 7) is 7.41. The third kappa shape index (κ3) is 3.07. The minimum absolute atomic E-state index is 0.0909. The molecule has 3 aliphatic rings. The zero-order valence-electron chi connectivity index (χ0n) is 14.8. The molecule has 3 aliphatic carbocycles. The van der Waals surface area contributed by atoms with E-state index in [1.165, 1.54) is 44.1 Å². The van der Waals surface area contributed by atoms with E-state index >= 15 is 0 Å². The maximum Gasteiger partial charge on any atom is 0.0577 e. The summed E-state index contributed by atoms with van der Waals surface area (Å²) in [5.41, 5.74) is 3.73. The monoisotopic (exact) mass is 302 g/mol. The molecule has 0 aromatic heterocycles. The Kier molecular flexibility index (Phi) is 4.83. The summed E-state index contributed by atoms with van der Waals surface area (Å²) in [6, 6.07) is 0. The lowest BCUT2D eigenvalue weighted by atomic mass is 9.61. The molecule has 124 valence electrons. The number of aliphatic hydroxyl groups excluding tert-OH is 1. The molecule has 1 N–H and O–H groups in total. The van der Waals surface area contributed by atoms with Gasteiger partial charge < -0.3 is 5.11 Å². The molecule has 0 amide bonds. The molecule has 0 spiro atoms. The van der Waals surface area contributed by atoms with Gasteiger partial charge in [-0.1, -0.05) is 44.1 Å². The number of allylic oxidation sites excluding steroid dienone is 3. The van der Waals surface area contributed by atoms with Gasteiger partial charge in [0.15, 0.2) is 0 Å². The molecule has 3 fully saturated rings. The third-order valence-corrected chi connectivity index (χ3v) is 6.91. The Balaban J connectivity index is 1.77. The smallest absolute Gasteiger partial charge is 0.0577 e. The van der Waals surface area contributed by atoms with Crippen LogP contribution in [0.25, 0.3) is 0 Å². The van der Waals surface area contributed by atoms with Gasteiger partial charge in [-0.3, -0.25) is 0 Å². The molecule has 22 heavy (non-hydrogen) atoms. The van der Waals surface area contributed by atoms with E-state index in [1.54, 1.807) is 5.57 Å². The highest BCUT2D eigenvalue weighted by atomic mass is 16.3. The van der Waals surface area contributed by atoms with Gasteiger partial charge in [-0.2, -0.15) is 0 Å². The number of hydrogen-bond donors (Lipinski definition) is 1. The Hall–Kier alpha value is -0.560. The number of hydrogen-bond acceptors (Lipinski definition) is 1. The van der Waals surface area contributed by atoms with E-state index in [4.69, 9.17) is 0 Å². The Morgan fingerprint density at radius 1 is 1.09 bits per heavy atom. The fraction of sp³-hybridized carbons (Fsp3) is 0.810. The van der Waals surface area contributed by atoms with E-state index in [0.29, 0.717) is 5.41 Å². The Morgan fingerprint density at radius 2 is 1.91 bits per heavy atom. The quantitative estimate of drug-likeness (QED) is 0.699. The van der Waals surface area contributed by atoms with Gasteiger partial charge in [-0.15, -0.1) is 0 Å². The molecule has 0 radical (unpaired) electrons. The first-order valence-corrected chi connectivity index (χ1v) is 9.57. The van der Waals surface area contributed by atoms with Crippen molar-refractivity contribution >= 4 is 0 Å². The lowest BCUT2D eigenvalue weighted by Gasteiger charge is -2.43. The minimum Gasteiger partial charge on any atom is -0.393 e. The summed E-state index contributed by atoms with van der Waals surface area (Å²) in [7, 11) is 0. The van der Waals surface area contributed by atoms with E-state index in [-0.39, 0.29) is 6.10 Å². The molecular weight excluding hydrogens is 268 g/mol. The van der Waals surface area contributed by atoms with Crippen LogP contribution < -0.4 is 0 Å². The molecule has 3 rings (SSSR count). The van der Waals surface area contributed by atoms with Gasteiger partial charge in [-0.25, -0.2) is 0 Å². The van der Waals surface area contributed by atoms with E-state index in [2.05, 4.69) is 32.9 Å². The molecule has 0 aromatic rings. The second-order valence-corrected chi connectivity index (χ2v) is 8.66. The van der Waals surface area contributed by atoms with E-state index in [9.17, 15) is 5.11 Å². The second-order valence-electron chi connectivity index (χ2n) is 8.66. The molecule has 0 aliphatic heterocycles. The van der Waals surface area contributed by atoms with Crippen LogP contribution in [0.3, 0.4) is 0 Å². The van der Waals surface area contributed by atoms with Crippen LogP contribution in [-0.4, -0.2) is 11.2 Å². The molecule has 0 saturated heterocycles. The van der Waals surface area contributed by atoms with Crippen LogP contribution >= 0.6 is 0 Å². The maximum atomic E-state index is 9.84. The Morgan fingerprint density at radius 3 is 2.64 bits per heavy atom. The van der Waals surface area contributed by atoms with E-state index in [0.717, 1.165) is 37.0 Å². The van der Waals surface area contributed by atoms with Crippen molar-refractivity contribution in [1.29, 1.82) is 0 Å². The number of fused-ring (bicyclic) bond motifs is 1. The van der Waals surface area contributed by atoms with Crippen LogP contribution in [0.1, 0.15) is 78.6 Å². The van der Waals surface area contributed by atoms with Crippen molar-refractivity contribution in [2.75, 3.05) is 0 Å². The Labute approximate surface area is 136 Å². The Bertz CT molecular complexity index is 459. The van der Waals surface area contributed by atoms with Crippen LogP contribution in [0, 0.1) is 23.2 Å². The van der Waals surface area contributed by atoms with Gasteiger partial charge in [0.2, 0.25) is 0 Å². The van der Waals surface area contributed by atoms with Crippen LogP contribution in [-0.2, 0) is 0 Å². The predicted octanol–water partition coefficient (Wildman–Crippen LogP) is 5.65. The van der Waals surface area contributed by atoms with Crippen LogP contribution in [0.2, 0.25) is 0 Å². The molecule has 0 aromatic carbocycles. The van der Waals surface area contributed by atoms with Crippen molar-refractivity contribution in [2.24, 2.45) is 23.2 Å². The summed E-state index contributed by atoms with van der Waals surface area (Å²) in [4.78, 5) is 0. The summed E-state index contributed by atoms with van der Waals surface area (Å²) >= 11 is 0. The van der Waals surface area contributed by atoms with Gasteiger partial charge in [0, 0.05) is 0 Å². The highest BCUT2D eigenvalue weighted by Gasteiger charge is 2.49. The first-order valence-electron chi connectivity index (χ1n) is 9.57.